The number of hydrogen-bond acceptors (Lipinski definition) is 1. The standard InChI is InChI=1S/C14H27N/c1-2-3-4-5-6-7-8-9-10-11-12-13-14-15/h2-12,15H2,1H3. The molecule has 0 aliphatic rings. The Kier molecular flexibility index (Phi) is 12.8. The summed E-state index contributed by atoms with van der Waals surface area (Å²) in [5.74, 6) is 2.90. The van der Waals surface area contributed by atoms with E-state index < -0.39 is 0 Å². The fraction of sp³-hybridized carbons (Fsp3) is 0.857. The van der Waals surface area contributed by atoms with E-state index in [0.29, 0.717) is 0 Å². The lowest BCUT2D eigenvalue weighted by Crippen LogP contribution is -1.82. The molecule has 0 aromatic carbocycles. The maximum absolute atomic E-state index is 5.09. The Morgan fingerprint density at radius 2 is 1.20 bits per heavy atom. The Morgan fingerprint density at radius 1 is 0.733 bits per heavy atom. The summed E-state index contributed by atoms with van der Waals surface area (Å²) in [4.78, 5) is 0. The van der Waals surface area contributed by atoms with Gasteiger partial charge in [-0.25, -0.2) is 0 Å². The fourth-order valence-corrected chi connectivity index (χ4v) is 1.77. The highest BCUT2D eigenvalue weighted by molar-refractivity contribution is 4.93. The Hall–Kier alpha value is -0.640. The van der Waals surface area contributed by atoms with E-state index in [-0.39, 0.29) is 0 Å². The molecule has 1 heteroatoms. The summed E-state index contributed by atoms with van der Waals surface area (Å²) >= 11 is 0. The average molecular weight is 209 g/mol. The minimum atomic E-state index is 0.979. The van der Waals surface area contributed by atoms with Crippen molar-refractivity contribution in [2.45, 2.75) is 77.6 Å². The largest absolute Gasteiger partial charge is 0.359 e. The molecule has 0 amide bonds. The van der Waals surface area contributed by atoms with Crippen LogP contribution in [-0.4, -0.2) is 0 Å². The predicted molar refractivity (Wildman–Crippen MR) is 68.4 cm³/mol. The number of unbranched alkanes of at least 4 members (excludes halogenated alkanes) is 10. The molecule has 0 atom stereocenters. The maximum atomic E-state index is 5.09. The van der Waals surface area contributed by atoms with Gasteiger partial charge in [0, 0.05) is 12.5 Å². The molecule has 0 aromatic heterocycles. The van der Waals surface area contributed by atoms with Gasteiger partial charge in [-0.2, -0.15) is 0 Å². The van der Waals surface area contributed by atoms with Crippen LogP contribution in [0.15, 0.2) is 0 Å². The highest BCUT2D eigenvalue weighted by Gasteiger charge is 1.91. The lowest BCUT2D eigenvalue weighted by Gasteiger charge is -2.00. The van der Waals surface area contributed by atoms with Crippen LogP contribution >= 0.6 is 0 Å². The number of hydrogen-bond donors (Lipinski definition) is 1. The molecule has 0 aliphatic heterocycles. The first-order valence-corrected chi connectivity index (χ1v) is 6.60. The van der Waals surface area contributed by atoms with Gasteiger partial charge in [0.2, 0.25) is 0 Å². The predicted octanol–water partition coefficient (Wildman–Crippen LogP) is 4.22. The molecule has 0 radical (unpaired) electrons. The van der Waals surface area contributed by atoms with Crippen LogP contribution in [-0.2, 0) is 0 Å². The zero-order valence-electron chi connectivity index (χ0n) is 10.4. The van der Waals surface area contributed by atoms with Crippen LogP contribution in [0.2, 0.25) is 0 Å². The molecule has 0 heterocycles. The van der Waals surface area contributed by atoms with E-state index in [1.54, 1.807) is 0 Å². The van der Waals surface area contributed by atoms with Crippen LogP contribution in [0.5, 0.6) is 0 Å². The molecule has 0 bridgehead atoms. The van der Waals surface area contributed by atoms with E-state index in [2.05, 4.69) is 18.9 Å². The Morgan fingerprint density at radius 3 is 1.67 bits per heavy atom. The minimum Gasteiger partial charge on any atom is -0.359 e. The quantitative estimate of drug-likeness (QED) is 0.325. The Balaban J connectivity index is 2.88. The molecule has 0 fully saturated rings. The summed E-state index contributed by atoms with van der Waals surface area (Å²) in [6.45, 7) is 2.27. The van der Waals surface area contributed by atoms with Gasteiger partial charge in [0.1, 0.15) is 0 Å². The molecule has 88 valence electrons. The van der Waals surface area contributed by atoms with Crippen LogP contribution in [0.1, 0.15) is 77.6 Å². The zero-order valence-corrected chi connectivity index (χ0v) is 10.4. The second kappa shape index (κ2) is 13.4. The first-order chi connectivity index (χ1) is 7.41. The van der Waals surface area contributed by atoms with E-state index in [1.807, 2.05) is 0 Å². The molecular formula is C14H27N. The first kappa shape index (κ1) is 14.4. The molecule has 1 nitrogen and oxygen atoms in total. The van der Waals surface area contributed by atoms with E-state index in [9.17, 15) is 0 Å². The highest BCUT2D eigenvalue weighted by atomic mass is 14.4. The van der Waals surface area contributed by atoms with E-state index in [1.165, 1.54) is 64.2 Å². The summed E-state index contributed by atoms with van der Waals surface area (Å²) in [5, 5.41) is 0. The van der Waals surface area contributed by atoms with E-state index in [4.69, 9.17) is 5.73 Å². The van der Waals surface area contributed by atoms with Crippen molar-refractivity contribution < 1.29 is 0 Å². The minimum absolute atomic E-state index is 0.979. The lowest BCUT2D eigenvalue weighted by atomic mass is 10.1. The monoisotopic (exact) mass is 209 g/mol. The van der Waals surface area contributed by atoms with Crippen LogP contribution in [0.4, 0.5) is 0 Å². The summed E-state index contributed by atoms with van der Waals surface area (Å²) in [7, 11) is 0. The molecule has 0 rings (SSSR count). The van der Waals surface area contributed by atoms with Crippen LogP contribution in [0.25, 0.3) is 0 Å². The molecule has 2 N–H and O–H groups in total. The van der Waals surface area contributed by atoms with Gasteiger partial charge in [-0.1, -0.05) is 70.6 Å². The molecular weight excluding hydrogens is 182 g/mol. The zero-order chi connectivity index (χ0) is 11.2. The van der Waals surface area contributed by atoms with Crippen molar-refractivity contribution in [1.82, 2.24) is 0 Å². The summed E-state index contributed by atoms with van der Waals surface area (Å²) in [5.41, 5.74) is 5.09. The van der Waals surface area contributed by atoms with Gasteiger partial charge in [-0.3, -0.25) is 0 Å². The fourth-order valence-electron chi connectivity index (χ4n) is 1.77. The molecule has 0 aromatic rings. The molecule has 0 spiro atoms. The third-order valence-electron chi connectivity index (χ3n) is 2.76. The van der Waals surface area contributed by atoms with Gasteiger partial charge in [-0.15, -0.1) is 0 Å². The first-order valence-electron chi connectivity index (χ1n) is 6.60. The normalized spacial score (nSPS) is 9.67. The van der Waals surface area contributed by atoms with Crippen LogP contribution in [0.3, 0.4) is 0 Å². The molecule has 0 unspecified atom stereocenters. The van der Waals surface area contributed by atoms with Crippen molar-refractivity contribution in [2.75, 3.05) is 0 Å². The Bertz CT molecular complexity index is 164. The molecule has 15 heavy (non-hydrogen) atoms. The topological polar surface area (TPSA) is 26.0 Å². The number of rotatable bonds is 10. The number of nitrogens with two attached hydrogens (primary N) is 1. The third kappa shape index (κ3) is 13.4. The van der Waals surface area contributed by atoms with E-state index in [0.717, 1.165) is 6.42 Å². The van der Waals surface area contributed by atoms with Crippen LogP contribution < -0.4 is 5.73 Å². The summed E-state index contributed by atoms with van der Waals surface area (Å²) in [6, 6.07) is 2.45. The molecule has 0 saturated carbocycles. The second-order valence-electron chi connectivity index (χ2n) is 4.25. The van der Waals surface area contributed by atoms with Crippen molar-refractivity contribution in [3.05, 3.63) is 0 Å². The highest BCUT2D eigenvalue weighted by Crippen LogP contribution is 2.10. The van der Waals surface area contributed by atoms with Crippen molar-refractivity contribution >= 4 is 0 Å². The van der Waals surface area contributed by atoms with E-state index >= 15 is 0 Å². The average Bonchev–Trinajstić information content (AvgIpc) is 2.26. The van der Waals surface area contributed by atoms with Crippen molar-refractivity contribution in [3.63, 3.8) is 0 Å². The second-order valence-corrected chi connectivity index (χ2v) is 4.25. The lowest BCUT2D eigenvalue weighted by molar-refractivity contribution is 0.558. The van der Waals surface area contributed by atoms with Crippen LogP contribution in [0, 0.1) is 12.0 Å². The van der Waals surface area contributed by atoms with Crippen molar-refractivity contribution in [1.29, 1.82) is 0 Å². The smallest absolute Gasteiger partial charge is 0.0107 e. The summed E-state index contributed by atoms with van der Waals surface area (Å²) < 4.78 is 0. The SMILES string of the molecule is CCCCCCCCCCCCC#CN. The van der Waals surface area contributed by atoms with Gasteiger partial charge in [0.15, 0.2) is 0 Å². The van der Waals surface area contributed by atoms with Gasteiger partial charge in [0.05, 0.1) is 0 Å². The van der Waals surface area contributed by atoms with Crippen molar-refractivity contribution in [3.8, 4) is 12.0 Å². The molecule has 0 aliphatic carbocycles. The Labute approximate surface area is 95.8 Å². The van der Waals surface area contributed by atoms with Gasteiger partial charge >= 0.3 is 0 Å². The maximum Gasteiger partial charge on any atom is 0.0107 e. The van der Waals surface area contributed by atoms with Gasteiger partial charge < -0.3 is 5.73 Å². The van der Waals surface area contributed by atoms with Crippen molar-refractivity contribution in [2.24, 2.45) is 5.73 Å². The van der Waals surface area contributed by atoms with Gasteiger partial charge in [0.25, 0.3) is 0 Å². The molecule has 0 saturated heterocycles. The third-order valence-corrected chi connectivity index (χ3v) is 2.76. The van der Waals surface area contributed by atoms with Gasteiger partial charge in [-0.05, 0) is 6.42 Å². The summed E-state index contributed by atoms with van der Waals surface area (Å²) in [6.07, 6.45) is 14.8.